The topological polar surface area (TPSA) is 46.5 Å². The molecule has 3 aliphatic rings. The maximum atomic E-state index is 11.3. The van der Waals surface area contributed by atoms with Crippen LogP contribution in [-0.4, -0.2) is 22.8 Å². The number of rotatable bonds is 0. The average molecular weight is 222 g/mol. The highest BCUT2D eigenvalue weighted by molar-refractivity contribution is 5.73. The van der Waals surface area contributed by atoms with E-state index in [0.29, 0.717) is 6.42 Å². The fraction of sp³-hybridized carbons (Fsp3) is 0.769. The number of fused-ring (bicyclic) bond motifs is 3. The van der Waals surface area contributed by atoms with E-state index in [4.69, 9.17) is 4.74 Å². The van der Waals surface area contributed by atoms with E-state index in [9.17, 15) is 9.90 Å². The summed E-state index contributed by atoms with van der Waals surface area (Å²) in [4.78, 5) is 11.3. The van der Waals surface area contributed by atoms with E-state index >= 15 is 0 Å². The molecule has 3 heteroatoms. The number of esters is 1. The molecule has 0 aromatic heterocycles. The number of aliphatic hydroxyl groups is 1. The van der Waals surface area contributed by atoms with Crippen LogP contribution in [0.1, 0.15) is 39.5 Å². The third-order valence-corrected chi connectivity index (χ3v) is 4.69. The number of carbonyl (C=O) groups excluding carboxylic acids is 1. The van der Waals surface area contributed by atoms with Gasteiger partial charge in [-0.05, 0) is 24.8 Å². The lowest BCUT2D eigenvalue weighted by atomic mass is 9.65. The number of allylic oxidation sites excluding steroid dienone is 1. The van der Waals surface area contributed by atoms with Gasteiger partial charge in [-0.25, -0.2) is 0 Å². The summed E-state index contributed by atoms with van der Waals surface area (Å²) in [6, 6.07) is 0. The second kappa shape index (κ2) is 2.89. The minimum Gasteiger partial charge on any atom is -0.459 e. The van der Waals surface area contributed by atoms with Gasteiger partial charge in [0.1, 0.15) is 11.7 Å². The third kappa shape index (κ3) is 1.05. The van der Waals surface area contributed by atoms with E-state index < -0.39 is 5.60 Å². The first kappa shape index (κ1) is 10.3. The van der Waals surface area contributed by atoms with Crippen LogP contribution in [0, 0.1) is 11.3 Å². The summed E-state index contributed by atoms with van der Waals surface area (Å²) in [5, 5.41) is 11.0. The largest absolute Gasteiger partial charge is 0.459 e. The van der Waals surface area contributed by atoms with E-state index in [2.05, 4.69) is 19.9 Å². The predicted molar refractivity (Wildman–Crippen MR) is 58.7 cm³/mol. The highest BCUT2D eigenvalue weighted by atomic mass is 16.6. The molecule has 88 valence electrons. The molecule has 0 aromatic carbocycles. The van der Waals surface area contributed by atoms with Gasteiger partial charge in [0.25, 0.3) is 0 Å². The van der Waals surface area contributed by atoms with Gasteiger partial charge in [-0.2, -0.15) is 0 Å². The van der Waals surface area contributed by atoms with Crippen LogP contribution in [0.4, 0.5) is 0 Å². The van der Waals surface area contributed by atoms with Gasteiger partial charge >= 0.3 is 5.97 Å². The maximum absolute atomic E-state index is 11.3. The summed E-state index contributed by atoms with van der Waals surface area (Å²) in [5.74, 6) is 0.0463. The average Bonchev–Trinajstić information content (AvgIpc) is 2.65. The van der Waals surface area contributed by atoms with Gasteiger partial charge in [-0.15, -0.1) is 0 Å². The fourth-order valence-electron chi connectivity index (χ4n) is 3.69. The fourth-order valence-corrected chi connectivity index (χ4v) is 3.69. The van der Waals surface area contributed by atoms with E-state index in [1.54, 1.807) is 0 Å². The molecular weight excluding hydrogens is 204 g/mol. The molecular formula is C13H18O3. The van der Waals surface area contributed by atoms with Crippen molar-refractivity contribution in [2.45, 2.75) is 51.2 Å². The molecule has 1 aliphatic heterocycles. The minimum absolute atomic E-state index is 0.149. The van der Waals surface area contributed by atoms with Gasteiger partial charge in [-0.1, -0.05) is 19.9 Å². The molecule has 2 aliphatic carbocycles. The summed E-state index contributed by atoms with van der Waals surface area (Å²) < 4.78 is 5.36. The van der Waals surface area contributed by atoms with E-state index in [-0.39, 0.29) is 23.4 Å². The Balaban J connectivity index is 2.07. The molecule has 0 amide bonds. The molecule has 1 saturated carbocycles. The van der Waals surface area contributed by atoms with Crippen LogP contribution in [0.2, 0.25) is 0 Å². The quantitative estimate of drug-likeness (QED) is 0.502. The second-order valence-corrected chi connectivity index (χ2v) is 6.00. The normalized spacial score (nSPS) is 44.7. The Labute approximate surface area is 95.5 Å². The van der Waals surface area contributed by atoms with Gasteiger partial charge in [-0.3, -0.25) is 4.79 Å². The van der Waals surface area contributed by atoms with Gasteiger partial charge in [0, 0.05) is 11.3 Å². The third-order valence-electron chi connectivity index (χ3n) is 4.69. The second-order valence-electron chi connectivity index (χ2n) is 6.00. The van der Waals surface area contributed by atoms with Crippen LogP contribution < -0.4 is 0 Å². The molecule has 1 N–H and O–H groups in total. The standard InChI is InChI=1S/C13H18O3/c1-12(2)5-3-4-9-6-8-7-10(14)16-11(8)13(9,12)15/h4,8,11,15H,3,5-7H2,1-2H3/t8-,11+,13+/m1/s1. The van der Waals surface area contributed by atoms with Crippen molar-refractivity contribution in [2.75, 3.05) is 0 Å². The zero-order chi connectivity index (χ0) is 11.6. The van der Waals surface area contributed by atoms with Crippen LogP contribution >= 0.6 is 0 Å². The summed E-state index contributed by atoms with van der Waals surface area (Å²) in [6.45, 7) is 4.16. The Bertz CT molecular complexity index is 383. The maximum Gasteiger partial charge on any atom is 0.306 e. The van der Waals surface area contributed by atoms with Gasteiger partial charge in [0.15, 0.2) is 0 Å². The number of ether oxygens (including phenoxy) is 1. The lowest BCUT2D eigenvalue weighted by Gasteiger charge is -2.46. The zero-order valence-electron chi connectivity index (χ0n) is 9.82. The van der Waals surface area contributed by atoms with Crippen molar-refractivity contribution >= 4 is 5.97 Å². The van der Waals surface area contributed by atoms with Crippen LogP contribution in [0.25, 0.3) is 0 Å². The summed E-state index contributed by atoms with van der Waals surface area (Å²) in [6.07, 6.45) is 5.13. The molecule has 16 heavy (non-hydrogen) atoms. The van der Waals surface area contributed by atoms with Gasteiger partial charge in [0.05, 0.1) is 6.42 Å². The number of hydrogen-bond acceptors (Lipinski definition) is 3. The first-order valence-corrected chi connectivity index (χ1v) is 6.06. The van der Waals surface area contributed by atoms with Gasteiger partial charge < -0.3 is 9.84 Å². The SMILES string of the molecule is CC1(C)CCC=C2C[C@@H]3CC(=O)O[C@@H]3[C@@]21O. The van der Waals surface area contributed by atoms with E-state index in [0.717, 1.165) is 24.8 Å². The van der Waals surface area contributed by atoms with E-state index in [1.165, 1.54) is 0 Å². The van der Waals surface area contributed by atoms with E-state index in [1.807, 2.05) is 0 Å². The Kier molecular flexibility index (Phi) is 1.87. The molecule has 0 radical (unpaired) electrons. The van der Waals surface area contributed by atoms with Crippen molar-refractivity contribution in [3.8, 4) is 0 Å². The summed E-state index contributed by atoms with van der Waals surface area (Å²) in [7, 11) is 0. The molecule has 0 bridgehead atoms. The lowest BCUT2D eigenvalue weighted by molar-refractivity contribution is -0.161. The molecule has 3 rings (SSSR count). The first-order chi connectivity index (χ1) is 7.45. The highest BCUT2D eigenvalue weighted by Crippen LogP contribution is 2.57. The van der Waals surface area contributed by atoms with Crippen LogP contribution in [0.5, 0.6) is 0 Å². The molecule has 0 spiro atoms. The lowest BCUT2D eigenvalue weighted by Crippen LogP contribution is -2.54. The highest BCUT2D eigenvalue weighted by Gasteiger charge is 2.63. The predicted octanol–water partition coefficient (Wildman–Crippen LogP) is 1.80. The van der Waals surface area contributed by atoms with Crippen LogP contribution in [-0.2, 0) is 9.53 Å². The molecule has 3 atom stereocenters. The van der Waals surface area contributed by atoms with Crippen LogP contribution in [0.3, 0.4) is 0 Å². The zero-order valence-corrected chi connectivity index (χ0v) is 9.82. The Morgan fingerprint density at radius 2 is 2.19 bits per heavy atom. The number of carbonyl (C=O) groups is 1. The molecule has 3 nitrogen and oxygen atoms in total. The summed E-state index contributed by atoms with van der Waals surface area (Å²) >= 11 is 0. The molecule has 0 unspecified atom stereocenters. The monoisotopic (exact) mass is 222 g/mol. The van der Waals surface area contributed by atoms with Crippen molar-refractivity contribution in [3.05, 3.63) is 11.6 Å². The molecule has 1 saturated heterocycles. The molecule has 2 fully saturated rings. The molecule has 0 aromatic rings. The Morgan fingerprint density at radius 1 is 1.44 bits per heavy atom. The van der Waals surface area contributed by atoms with Crippen molar-refractivity contribution < 1.29 is 14.6 Å². The Morgan fingerprint density at radius 3 is 2.94 bits per heavy atom. The Hall–Kier alpha value is -0.830. The van der Waals surface area contributed by atoms with Gasteiger partial charge in [0.2, 0.25) is 0 Å². The smallest absolute Gasteiger partial charge is 0.306 e. The van der Waals surface area contributed by atoms with Crippen molar-refractivity contribution in [1.82, 2.24) is 0 Å². The van der Waals surface area contributed by atoms with Crippen molar-refractivity contribution in [3.63, 3.8) is 0 Å². The van der Waals surface area contributed by atoms with Crippen molar-refractivity contribution in [1.29, 1.82) is 0 Å². The molecule has 1 heterocycles. The first-order valence-electron chi connectivity index (χ1n) is 6.06. The number of hydrogen-bond donors (Lipinski definition) is 1. The van der Waals surface area contributed by atoms with Crippen molar-refractivity contribution in [2.24, 2.45) is 11.3 Å². The van der Waals surface area contributed by atoms with Crippen LogP contribution in [0.15, 0.2) is 11.6 Å². The summed E-state index contributed by atoms with van der Waals surface area (Å²) in [5.41, 5.74) is -0.00493. The minimum atomic E-state index is -0.915.